The van der Waals surface area contributed by atoms with Gasteiger partial charge in [0.1, 0.15) is 17.2 Å². The van der Waals surface area contributed by atoms with E-state index in [0.29, 0.717) is 52.9 Å². The number of methoxy groups -OCH3 is 4. The van der Waals surface area contributed by atoms with Gasteiger partial charge in [0, 0.05) is 30.3 Å². The standard InChI is InChI=1S/C28H28N4O7/c1-36-21-9-10-22(26(16-21)38-3)23-17-24(31(30-23)19-6-5-7-20(15-19)32(34)35)28(33)29-13-12-18-8-11-25(37-2)27(14-18)39-4/h5-11,14-17H,12-13H2,1-4H3,(H,29,33). The van der Waals surface area contributed by atoms with Crippen molar-refractivity contribution >= 4 is 11.6 Å². The summed E-state index contributed by atoms with van der Waals surface area (Å²) in [5.41, 5.74) is 2.48. The molecule has 0 atom stereocenters. The Hall–Kier alpha value is -5.06. The zero-order valence-corrected chi connectivity index (χ0v) is 22.0. The van der Waals surface area contributed by atoms with Crippen molar-refractivity contribution in [3.05, 3.63) is 88.1 Å². The maximum Gasteiger partial charge on any atom is 0.271 e. The van der Waals surface area contributed by atoms with Crippen LogP contribution in [0.5, 0.6) is 23.0 Å². The van der Waals surface area contributed by atoms with Gasteiger partial charge in [-0.05, 0) is 48.4 Å². The first-order valence-corrected chi connectivity index (χ1v) is 11.9. The first-order chi connectivity index (χ1) is 18.9. The van der Waals surface area contributed by atoms with E-state index in [0.717, 1.165) is 5.56 Å². The first-order valence-electron chi connectivity index (χ1n) is 11.9. The smallest absolute Gasteiger partial charge is 0.271 e. The van der Waals surface area contributed by atoms with Crippen LogP contribution in [0.15, 0.2) is 66.7 Å². The maximum atomic E-state index is 13.4. The van der Waals surface area contributed by atoms with Crippen molar-refractivity contribution in [2.24, 2.45) is 0 Å². The molecule has 39 heavy (non-hydrogen) atoms. The van der Waals surface area contributed by atoms with Crippen molar-refractivity contribution in [1.29, 1.82) is 0 Å². The second kappa shape index (κ2) is 12.0. The highest BCUT2D eigenvalue weighted by Crippen LogP contribution is 2.34. The highest BCUT2D eigenvalue weighted by Gasteiger charge is 2.21. The summed E-state index contributed by atoms with van der Waals surface area (Å²) in [6.07, 6.45) is 0.538. The number of benzene rings is 3. The first kappa shape index (κ1) is 27.0. The number of hydrogen-bond acceptors (Lipinski definition) is 8. The molecule has 11 heteroatoms. The third kappa shape index (κ3) is 5.93. The number of ether oxygens (including phenoxy) is 4. The van der Waals surface area contributed by atoms with Gasteiger partial charge in [-0.2, -0.15) is 5.10 Å². The second-order valence-electron chi connectivity index (χ2n) is 8.37. The Kier molecular flexibility index (Phi) is 8.30. The minimum atomic E-state index is -0.497. The van der Waals surface area contributed by atoms with Crippen molar-refractivity contribution in [2.45, 2.75) is 6.42 Å². The molecule has 0 saturated heterocycles. The van der Waals surface area contributed by atoms with Crippen LogP contribution in [0.2, 0.25) is 0 Å². The van der Waals surface area contributed by atoms with E-state index in [-0.39, 0.29) is 11.4 Å². The van der Waals surface area contributed by atoms with Gasteiger partial charge in [0.05, 0.1) is 44.7 Å². The van der Waals surface area contributed by atoms with Crippen LogP contribution in [0.4, 0.5) is 5.69 Å². The number of hydrogen-bond donors (Lipinski definition) is 1. The molecule has 1 aromatic heterocycles. The third-order valence-corrected chi connectivity index (χ3v) is 6.06. The number of carbonyl (C=O) groups excluding carboxylic acids is 1. The molecule has 0 aliphatic heterocycles. The van der Waals surface area contributed by atoms with Gasteiger partial charge in [0.25, 0.3) is 11.6 Å². The average molecular weight is 533 g/mol. The lowest BCUT2D eigenvalue weighted by Crippen LogP contribution is -2.27. The van der Waals surface area contributed by atoms with Crippen molar-refractivity contribution in [3.8, 4) is 39.9 Å². The Morgan fingerprint density at radius 1 is 0.897 bits per heavy atom. The number of nitro benzene ring substituents is 1. The summed E-state index contributed by atoms with van der Waals surface area (Å²) in [6.45, 7) is 0.329. The number of nitrogens with one attached hydrogen (secondary N) is 1. The highest BCUT2D eigenvalue weighted by atomic mass is 16.6. The molecular weight excluding hydrogens is 504 g/mol. The lowest BCUT2D eigenvalue weighted by atomic mass is 10.1. The molecule has 202 valence electrons. The number of amides is 1. The molecule has 1 N–H and O–H groups in total. The largest absolute Gasteiger partial charge is 0.497 e. The molecule has 0 bridgehead atoms. The summed E-state index contributed by atoms with van der Waals surface area (Å²) in [5.74, 6) is 1.92. The Labute approximate surface area is 225 Å². The predicted octanol–water partition coefficient (Wildman–Crippen LogP) is 4.45. The molecule has 0 unspecified atom stereocenters. The van der Waals surface area contributed by atoms with Gasteiger partial charge in [0.2, 0.25) is 0 Å². The fourth-order valence-electron chi connectivity index (χ4n) is 4.07. The summed E-state index contributed by atoms with van der Waals surface area (Å²) < 4.78 is 22.8. The van der Waals surface area contributed by atoms with Gasteiger partial charge < -0.3 is 24.3 Å². The van der Waals surface area contributed by atoms with Gasteiger partial charge >= 0.3 is 0 Å². The van der Waals surface area contributed by atoms with E-state index in [1.54, 1.807) is 57.7 Å². The fraction of sp³-hybridized carbons (Fsp3) is 0.214. The maximum absolute atomic E-state index is 13.4. The molecule has 0 spiro atoms. The monoisotopic (exact) mass is 532 g/mol. The molecule has 4 rings (SSSR count). The van der Waals surface area contributed by atoms with E-state index in [9.17, 15) is 14.9 Å². The van der Waals surface area contributed by atoms with Gasteiger partial charge in [-0.3, -0.25) is 14.9 Å². The Balaban J connectivity index is 1.66. The molecule has 0 aliphatic rings. The Bertz CT molecular complexity index is 1500. The number of rotatable bonds is 11. The average Bonchev–Trinajstić information content (AvgIpc) is 3.42. The van der Waals surface area contributed by atoms with Gasteiger partial charge in [-0.15, -0.1) is 0 Å². The van der Waals surface area contributed by atoms with Crippen molar-refractivity contribution in [1.82, 2.24) is 15.1 Å². The minimum absolute atomic E-state index is 0.119. The number of carbonyl (C=O) groups is 1. The summed E-state index contributed by atoms with van der Waals surface area (Å²) in [5, 5.41) is 18.9. The third-order valence-electron chi connectivity index (χ3n) is 6.06. The predicted molar refractivity (Wildman–Crippen MR) is 144 cm³/mol. The van der Waals surface area contributed by atoms with E-state index in [1.807, 2.05) is 18.2 Å². The summed E-state index contributed by atoms with van der Waals surface area (Å²) >= 11 is 0. The molecule has 11 nitrogen and oxygen atoms in total. The molecule has 1 amide bonds. The molecule has 4 aromatic rings. The summed E-state index contributed by atoms with van der Waals surface area (Å²) in [6, 6.07) is 18.4. The zero-order chi connectivity index (χ0) is 27.9. The lowest BCUT2D eigenvalue weighted by Gasteiger charge is -2.11. The van der Waals surface area contributed by atoms with Crippen molar-refractivity contribution in [2.75, 3.05) is 35.0 Å². The SMILES string of the molecule is COc1ccc(-c2cc(C(=O)NCCc3ccc(OC)c(OC)c3)n(-c3cccc([N+](=O)[O-])c3)n2)c(OC)c1. The van der Waals surface area contributed by atoms with E-state index in [4.69, 9.17) is 18.9 Å². The highest BCUT2D eigenvalue weighted by molar-refractivity contribution is 5.94. The van der Waals surface area contributed by atoms with E-state index >= 15 is 0 Å². The molecule has 0 radical (unpaired) electrons. The molecule has 0 aliphatic carbocycles. The number of non-ortho nitro benzene ring substituents is 1. The van der Waals surface area contributed by atoms with Crippen LogP contribution in [-0.2, 0) is 6.42 Å². The Morgan fingerprint density at radius 2 is 1.67 bits per heavy atom. The van der Waals surface area contributed by atoms with Crippen LogP contribution in [0.25, 0.3) is 16.9 Å². The van der Waals surface area contributed by atoms with Gasteiger partial charge in [-0.25, -0.2) is 4.68 Å². The lowest BCUT2D eigenvalue weighted by molar-refractivity contribution is -0.384. The number of nitro groups is 1. The Morgan fingerprint density at radius 3 is 2.36 bits per heavy atom. The molecule has 1 heterocycles. The van der Waals surface area contributed by atoms with E-state index < -0.39 is 10.8 Å². The van der Waals surface area contributed by atoms with Crippen LogP contribution < -0.4 is 24.3 Å². The minimum Gasteiger partial charge on any atom is -0.497 e. The molecule has 0 fully saturated rings. The van der Waals surface area contributed by atoms with Gasteiger partial charge in [0.15, 0.2) is 11.5 Å². The van der Waals surface area contributed by atoms with Crippen LogP contribution >= 0.6 is 0 Å². The summed E-state index contributed by atoms with van der Waals surface area (Å²) in [7, 11) is 6.21. The van der Waals surface area contributed by atoms with Crippen LogP contribution in [-0.4, -0.2) is 55.6 Å². The molecular formula is C28H28N4O7. The van der Waals surface area contributed by atoms with E-state index in [2.05, 4.69) is 10.4 Å². The topological polar surface area (TPSA) is 127 Å². The summed E-state index contributed by atoms with van der Waals surface area (Å²) in [4.78, 5) is 24.3. The van der Waals surface area contributed by atoms with Gasteiger partial charge in [-0.1, -0.05) is 12.1 Å². The quantitative estimate of drug-likeness (QED) is 0.222. The molecule has 0 saturated carbocycles. The number of nitrogens with zero attached hydrogens (tertiary/aromatic N) is 3. The van der Waals surface area contributed by atoms with Crippen LogP contribution in [0.1, 0.15) is 16.1 Å². The normalized spacial score (nSPS) is 10.6. The fourth-order valence-corrected chi connectivity index (χ4v) is 4.07. The van der Waals surface area contributed by atoms with Crippen LogP contribution in [0.3, 0.4) is 0 Å². The number of aromatic nitrogens is 2. The zero-order valence-electron chi connectivity index (χ0n) is 22.0. The second-order valence-corrected chi connectivity index (χ2v) is 8.37. The molecule has 3 aromatic carbocycles. The van der Waals surface area contributed by atoms with Crippen molar-refractivity contribution < 1.29 is 28.7 Å². The van der Waals surface area contributed by atoms with E-state index in [1.165, 1.54) is 23.9 Å². The van der Waals surface area contributed by atoms with Crippen molar-refractivity contribution in [3.63, 3.8) is 0 Å². The van der Waals surface area contributed by atoms with Crippen LogP contribution in [0, 0.1) is 10.1 Å².